The van der Waals surface area contributed by atoms with Crippen LogP contribution in [0.25, 0.3) is 0 Å². The van der Waals surface area contributed by atoms with E-state index in [0.717, 1.165) is 16.9 Å². The van der Waals surface area contributed by atoms with E-state index in [1.807, 2.05) is 35.2 Å². The number of hydrogen-bond donors (Lipinski definition) is 0. The van der Waals surface area contributed by atoms with Gasteiger partial charge in [0.1, 0.15) is 11.6 Å². The summed E-state index contributed by atoms with van der Waals surface area (Å²) in [6.07, 6.45) is 1.93. The second kappa shape index (κ2) is 10.0. The number of piperazine rings is 1. The summed E-state index contributed by atoms with van der Waals surface area (Å²) >= 11 is 0. The van der Waals surface area contributed by atoms with Gasteiger partial charge in [0.05, 0.1) is 7.11 Å². The Morgan fingerprint density at radius 3 is 2.14 bits per heavy atom. The number of para-hydroxylation sites is 1. The summed E-state index contributed by atoms with van der Waals surface area (Å²) in [6.45, 7) is 2.19. The Labute approximate surface area is 171 Å². The van der Waals surface area contributed by atoms with Crippen molar-refractivity contribution in [3.63, 3.8) is 0 Å². The zero-order valence-corrected chi connectivity index (χ0v) is 16.8. The van der Waals surface area contributed by atoms with Crippen LogP contribution in [-0.4, -0.2) is 54.9 Å². The summed E-state index contributed by atoms with van der Waals surface area (Å²) in [5, 5.41) is 0. The molecule has 0 aliphatic carbocycles. The molecule has 1 fully saturated rings. The Morgan fingerprint density at radius 2 is 1.52 bits per heavy atom. The molecule has 1 heterocycles. The third-order valence-corrected chi connectivity index (χ3v) is 5.30. The lowest BCUT2D eigenvalue weighted by Crippen LogP contribution is -2.50. The standard InChI is InChI=1S/C23H27FN2O3/c1-29-21-8-3-2-6-19(21)10-12-23(28)26-15-13-25(14-16-26)22(27)11-9-18-5-4-7-20(24)17-18/h2-8,17H,9-16H2,1H3. The molecule has 1 aliphatic heterocycles. The Morgan fingerprint density at radius 1 is 0.897 bits per heavy atom. The molecule has 2 aromatic rings. The molecule has 5 nitrogen and oxygen atoms in total. The number of hydrogen-bond acceptors (Lipinski definition) is 3. The van der Waals surface area contributed by atoms with Crippen LogP contribution in [0.15, 0.2) is 48.5 Å². The summed E-state index contributed by atoms with van der Waals surface area (Å²) in [5.74, 6) is 0.669. The van der Waals surface area contributed by atoms with E-state index in [0.29, 0.717) is 51.9 Å². The summed E-state index contributed by atoms with van der Waals surface area (Å²) in [6, 6.07) is 14.1. The van der Waals surface area contributed by atoms with Gasteiger partial charge < -0.3 is 14.5 Å². The van der Waals surface area contributed by atoms with Gasteiger partial charge in [-0.25, -0.2) is 4.39 Å². The first kappa shape index (κ1) is 20.8. The van der Waals surface area contributed by atoms with Crippen LogP contribution in [0.1, 0.15) is 24.0 Å². The second-order valence-corrected chi connectivity index (χ2v) is 7.20. The molecule has 0 saturated carbocycles. The Hall–Kier alpha value is -2.89. The van der Waals surface area contributed by atoms with Crippen molar-refractivity contribution < 1.29 is 18.7 Å². The largest absolute Gasteiger partial charge is 0.496 e. The Balaban J connectivity index is 1.42. The van der Waals surface area contributed by atoms with Gasteiger partial charge >= 0.3 is 0 Å². The minimum atomic E-state index is -0.282. The fourth-order valence-electron chi connectivity index (χ4n) is 3.62. The van der Waals surface area contributed by atoms with E-state index in [4.69, 9.17) is 4.74 Å². The molecule has 0 bridgehead atoms. The monoisotopic (exact) mass is 398 g/mol. The van der Waals surface area contributed by atoms with E-state index in [1.54, 1.807) is 18.1 Å². The first-order valence-corrected chi connectivity index (χ1v) is 9.98. The Kier molecular flexibility index (Phi) is 7.22. The van der Waals surface area contributed by atoms with E-state index in [-0.39, 0.29) is 17.6 Å². The molecule has 0 N–H and O–H groups in total. The van der Waals surface area contributed by atoms with Crippen LogP contribution >= 0.6 is 0 Å². The highest BCUT2D eigenvalue weighted by Crippen LogP contribution is 2.19. The lowest BCUT2D eigenvalue weighted by molar-refractivity contribution is -0.139. The summed E-state index contributed by atoms with van der Waals surface area (Å²) < 4.78 is 18.6. The van der Waals surface area contributed by atoms with Crippen LogP contribution in [0.2, 0.25) is 0 Å². The Bertz CT molecular complexity index is 848. The molecular weight excluding hydrogens is 371 g/mol. The number of benzene rings is 2. The van der Waals surface area contributed by atoms with Gasteiger partial charge in [0.15, 0.2) is 0 Å². The van der Waals surface area contributed by atoms with Crippen LogP contribution in [0.4, 0.5) is 4.39 Å². The smallest absolute Gasteiger partial charge is 0.223 e. The van der Waals surface area contributed by atoms with Crippen molar-refractivity contribution >= 4 is 11.8 Å². The number of halogens is 1. The van der Waals surface area contributed by atoms with Crippen molar-refractivity contribution in [2.45, 2.75) is 25.7 Å². The number of nitrogens with zero attached hydrogens (tertiary/aromatic N) is 2. The van der Waals surface area contributed by atoms with Gasteiger partial charge in [-0.15, -0.1) is 0 Å². The number of methoxy groups -OCH3 is 1. The number of amides is 2. The van der Waals surface area contributed by atoms with Crippen molar-refractivity contribution in [1.29, 1.82) is 0 Å². The minimum Gasteiger partial charge on any atom is -0.496 e. The van der Waals surface area contributed by atoms with E-state index < -0.39 is 0 Å². The summed E-state index contributed by atoms with van der Waals surface area (Å²) in [4.78, 5) is 28.6. The van der Waals surface area contributed by atoms with Crippen LogP contribution in [-0.2, 0) is 22.4 Å². The maximum absolute atomic E-state index is 13.2. The maximum atomic E-state index is 13.2. The number of rotatable bonds is 7. The average molecular weight is 398 g/mol. The molecular formula is C23H27FN2O3. The second-order valence-electron chi connectivity index (χ2n) is 7.20. The fraction of sp³-hybridized carbons (Fsp3) is 0.391. The van der Waals surface area contributed by atoms with Gasteiger partial charge in [0.25, 0.3) is 0 Å². The fourth-order valence-corrected chi connectivity index (χ4v) is 3.62. The predicted octanol–water partition coefficient (Wildman–Crippen LogP) is 3.07. The molecule has 1 saturated heterocycles. The van der Waals surface area contributed by atoms with Gasteiger partial charge in [-0.05, 0) is 42.2 Å². The number of ether oxygens (including phenoxy) is 1. The highest BCUT2D eigenvalue weighted by atomic mass is 19.1. The van der Waals surface area contributed by atoms with Gasteiger partial charge in [-0.2, -0.15) is 0 Å². The normalized spacial score (nSPS) is 14.0. The molecule has 0 atom stereocenters. The summed E-state index contributed by atoms with van der Waals surface area (Å²) in [7, 11) is 1.63. The summed E-state index contributed by atoms with van der Waals surface area (Å²) in [5.41, 5.74) is 1.85. The third-order valence-electron chi connectivity index (χ3n) is 5.30. The lowest BCUT2D eigenvalue weighted by atomic mass is 10.1. The quantitative estimate of drug-likeness (QED) is 0.720. The van der Waals surface area contributed by atoms with E-state index in [9.17, 15) is 14.0 Å². The number of aryl methyl sites for hydroxylation is 2. The molecule has 154 valence electrons. The van der Waals surface area contributed by atoms with Crippen LogP contribution in [0.3, 0.4) is 0 Å². The molecule has 1 aliphatic rings. The highest BCUT2D eigenvalue weighted by Gasteiger charge is 2.23. The topological polar surface area (TPSA) is 49.9 Å². The first-order valence-electron chi connectivity index (χ1n) is 9.98. The number of carbonyl (C=O) groups excluding carboxylic acids is 2. The van der Waals surface area contributed by atoms with Crippen molar-refractivity contribution in [3.8, 4) is 5.75 Å². The highest BCUT2D eigenvalue weighted by molar-refractivity contribution is 5.78. The molecule has 2 aromatic carbocycles. The SMILES string of the molecule is COc1ccccc1CCC(=O)N1CCN(C(=O)CCc2cccc(F)c2)CC1. The zero-order valence-electron chi connectivity index (χ0n) is 16.8. The van der Waals surface area contributed by atoms with E-state index in [1.165, 1.54) is 12.1 Å². The van der Waals surface area contributed by atoms with Crippen LogP contribution in [0, 0.1) is 5.82 Å². The molecule has 29 heavy (non-hydrogen) atoms. The zero-order chi connectivity index (χ0) is 20.6. The molecule has 0 radical (unpaired) electrons. The van der Waals surface area contributed by atoms with Crippen molar-refractivity contribution in [2.75, 3.05) is 33.3 Å². The third kappa shape index (κ3) is 5.79. The van der Waals surface area contributed by atoms with Gasteiger partial charge in [0.2, 0.25) is 11.8 Å². The van der Waals surface area contributed by atoms with Crippen LogP contribution in [0.5, 0.6) is 5.75 Å². The number of carbonyl (C=O) groups is 2. The van der Waals surface area contributed by atoms with Gasteiger partial charge in [-0.3, -0.25) is 9.59 Å². The van der Waals surface area contributed by atoms with Gasteiger partial charge in [-0.1, -0.05) is 30.3 Å². The first-order chi connectivity index (χ1) is 14.1. The molecule has 0 unspecified atom stereocenters. The molecule has 3 rings (SSSR count). The molecule has 0 spiro atoms. The van der Waals surface area contributed by atoms with Gasteiger partial charge in [0, 0.05) is 39.0 Å². The average Bonchev–Trinajstić information content (AvgIpc) is 2.76. The maximum Gasteiger partial charge on any atom is 0.223 e. The van der Waals surface area contributed by atoms with Crippen molar-refractivity contribution in [2.24, 2.45) is 0 Å². The molecule has 2 amide bonds. The lowest BCUT2D eigenvalue weighted by Gasteiger charge is -2.35. The van der Waals surface area contributed by atoms with Crippen LogP contribution < -0.4 is 4.74 Å². The van der Waals surface area contributed by atoms with E-state index >= 15 is 0 Å². The predicted molar refractivity (Wildman–Crippen MR) is 109 cm³/mol. The minimum absolute atomic E-state index is 0.0513. The van der Waals surface area contributed by atoms with Crippen molar-refractivity contribution in [3.05, 3.63) is 65.5 Å². The molecule has 0 aromatic heterocycles. The van der Waals surface area contributed by atoms with Crippen molar-refractivity contribution in [1.82, 2.24) is 9.80 Å². The van der Waals surface area contributed by atoms with E-state index in [2.05, 4.69) is 0 Å². The molecule has 6 heteroatoms.